The van der Waals surface area contributed by atoms with Crippen molar-refractivity contribution in [1.29, 1.82) is 0 Å². The lowest BCUT2D eigenvalue weighted by atomic mass is 10.1. The summed E-state index contributed by atoms with van der Waals surface area (Å²) >= 11 is 0. The van der Waals surface area contributed by atoms with Crippen LogP contribution in [0.4, 0.5) is 11.4 Å². The van der Waals surface area contributed by atoms with Gasteiger partial charge in [0.05, 0.1) is 5.69 Å². The lowest BCUT2D eigenvalue weighted by molar-refractivity contribution is 0.0985. The standard InChI is InChI=1S/C18H15N3O3/c1-12-10-16(24-21-12)18(23)20-15-9-5-6-13(11-15)17(22)19-14-7-3-2-4-8-14/h2-11H,1H3,(H,19,22)(H,20,23). The number of nitrogens with one attached hydrogen (secondary N) is 2. The number of amides is 2. The number of carbonyl (C=O) groups excluding carboxylic acids is 2. The number of aryl methyl sites for hydroxylation is 1. The van der Waals surface area contributed by atoms with Crippen LogP contribution in [0, 0.1) is 6.92 Å². The van der Waals surface area contributed by atoms with E-state index in [2.05, 4.69) is 15.8 Å². The maximum atomic E-state index is 12.3. The van der Waals surface area contributed by atoms with Gasteiger partial charge in [0, 0.05) is 23.0 Å². The average molecular weight is 321 g/mol. The summed E-state index contributed by atoms with van der Waals surface area (Å²) in [6.45, 7) is 1.73. The minimum Gasteiger partial charge on any atom is -0.351 e. The minimum atomic E-state index is -0.420. The molecule has 0 unspecified atom stereocenters. The normalized spacial score (nSPS) is 10.2. The molecular formula is C18H15N3O3. The molecule has 1 aromatic heterocycles. The van der Waals surface area contributed by atoms with Crippen molar-refractivity contribution in [1.82, 2.24) is 5.16 Å². The first-order valence-corrected chi connectivity index (χ1v) is 7.33. The summed E-state index contributed by atoms with van der Waals surface area (Å²) in [5.74, 6) is -0.560. The third-order valence-corrected chi connectivity index (χ3v) is 3.27. The number of aromatic nitrogens is 1. The molecule has 2 N–H and O–H groups in total. The van der Waals surface area contributed by atoms with Crippen molar-refractivity contribution >= 4 is 23.2 Å². The van der Waals surface area contributed by atoms with Crippen LogP contribution < -0.4 is 10.6 Å². The molecule has 6 heteroatoms. The fourth-order valence-electron chi connectivity index (χ4n) is 2.13. The topological polar surface area (TPSA) is 84.2 Å². The van der Waals surface area contributed by atoms with Crippen LogP contribution in [0.1, 0.15) is 26.6 Å². The molecule has 0 radical (unpaired) electrons. The van der Waals surface area contributed by atoms with Gasteiger partial charge in [0.15, 0.2) is 0 Å². The van der Waals surface area contributed by atoms with Crippen molar-refractivity contribution in [2.24, 2.45) is 0 Å². The Morgan fingerprint density at radius 2 is 1.58 bits per heavy atom. The highest BCUT2D eigenvalue weighted by atomic mass is 16.5. The van der Waals surface area contributed by atoms with E-state index in [0.717, 1.165) is 0 Å². The highest BCUT2D eigenvalue weighted by molar-refractivity contribution is 6.06. The van der Waals surface area contributed by atoms with E-state index in [1.54, 1.807) is 49.4 Å². The van der Waals surface area contributed by atoms with Crippen molar-refractivity contribution in [3.8, 4) is 0 Å². The number of carbonyl (C=O) groups is 2. The Bertz CT molecular complexity index is 872. The number of anilines is 2. The van der Waals surface area contributed by atoms with Crippen molar-refractivity contribution in [2.75, 3.05) is 10.6 Å². The molecule has 3 aromatic rings. The van der Waals surface area contributed by atoms with Crippen LogP contribution >= 0.6 is 0 Å². The summed E-state index contributed by atoms with van der Waals surface area (Å²) in [6.07, 6.45) is 0. The van der Waals surface area contributed by atoms with Crippen molar-refractivity contribution in [3.63, 3.8) is 0 Å². The lowest BCUT2D eigenvalue weighted by Crippen LogP contribution is -2.14. The number of hydrogen-bond acceptors (Lipinski definition) is 4. The van der Waals surface area contributed by atoms with Gasteiger partial charge in [-0.15, -0.1) is 0 Å². The maximum absolute atomic E-state index is 12.3. The summed E-state index contributed by atoms with van der Waals surface area (Å²) < 4.78 is 4.91. The van der Waals surface area contributed by atoms with Gasteiger partial charge >= 0.3 is 0 Å². The molecule has 6 nitrogen and oxygen atoms in total. The van der Waals surface area contributed by atoms with Crippen molar-refractivity contribution < 1.29 is 14.1 Å². The molecule has 3 rings (SSSR count). The predicted molar refractivity (Wildman–Crippen MR) is 90.0 cm³/mol. The second-order valence-electron chi connectivity index (χ2n) is 5.19. The van der Waals surface area contributed by atoms with Crippen LogP contribution in [0.3, 0.4) is 0 Å². The molecule has 0 spiro atoms. The molecule has 24 heavy (non-hydrogen) atoms. The Hall–Kier alpha value is -3.41. The molecule has 0 aliphatic carbocycles. The molecule has 0 aliphatic heterocycles. The van der Waals surface area contributed by atoms with E-state index in [0.29, 0.717) is 22.6 Å². The van der Waals surface area contributed by atoms with Gasteiger partial charge < -0.3 is 15.2 Å². The first kappa shape index (κ1) is 15.5. The van der Waals surface area contributed by atoms with Gasteiger partial charge in [-0.25, -0.2) is 0 Å². The zero-order valence-corrected chi connectivity index (χ0v) is 12.9. The molecule has 2 amide bonds. The molecule has 0 atom stereocenters. The van der Waals surface area contributed by atoms with Gasteiger partial charge in [-0.05, 0) is 37.3 Å². The largest absolute Gasteiger partial charge is 0.351 e. The number of rotatable bonds is 4. The quantitative estimate of drug-likeness (QED) is 0.770. The van der Waals surface area contributed by atoms with Gasteiger partial charge in [0.2, 0.25) is 5.76 Å². The Labute approximate surface area is 138 Å². The van der Waals surface area contributed by atoms with E-state index in [1.807, 2.05) is 18.2 Å². The van der Waals surface area contributed by atoms with Gasteiger partial charge in [-0.1, -0.05) is 29.4 Å². The Morgan fingerprint density at radius 1 is 0.875 bits per heavy atom. The minimum absolute atomic E-state index is 0.117. The smallest absolute Gasteiger partial charge is 0.294 e. The number of para-hydroxylation sites is 1. The molecule has 2 aromatic carbocycles. The van der Waals surface area contributed by atoms with Crippen LogP contribution in [-0.2, 0) is 0 Å². The van der Waals surface area contributed by atoms with Crippen LogP contribution in [0.2, 0.25) is 0 Å². The monoisotopic (exact) mass is 321 g/mol. The van der Waals surface area contributed by atoms with E-state index in [4.69, 9.17) is 4.52 Å². The van der Waals surface area contributed by atoms with E-state index in [-0.39, 0.29) is 11.7 Å². The predicted octanol–water partition coefficient (Wildman–Crippen LogP) is 3.49. The molecule has 1 heterocycles. The zero-order chi connectivity index (χ0) is 16.9. The zero-order valence-electron chi connectivity index (χ0n) is 12.9. The van der Waals surface area contributed by atoms with Gasteiger partial charge in [-0.2, -0.15) is 0 Å². The summed E-state index contributed by atoms with van der Waals surface area (Å²) in [5.41, 5.74) is 2.25. The molecule has 0 bridgehead atoms. The highest BCUT2D eigenvalue weighted by Gasteiger charge is 2.13. The third kappa shape index (κ3) is 3.67. The van der Waals surface area contributed by atoms with Crippen LogP contribution in [0.15, 0.2) is 65.2 Å². The number of nitrogens with zero attached hydrogens (tertiary/aromatic N) is 1. The Balaban J connectivity index is 1.72. The highest BCUT2D eigenvalue weighted by Crippen LogP contribution is 2.15. The van der Waals surface area contributed by atoms with Crippen molar-refractivity contribution in [3.05, 3.63) is 77.7 Å². The SMILES string of the molecule is Cc1cc(C(=O)Nc2cccc(C(=O)Nc3ccccc3)c2)on1. The fraction of sp³-hybridized carbons (Fsp3) is 0.0556. The molecule has 0 saturated carbocycles. The fourth-order valence-corrected chi connectivity index (χ4v) is 2.13. The van der Waals surface area contributed by atoms with Crippen molar-refractivity contribution in [2.45, 2.75) is 6.92 Å². The Kier molecular flexibility index (Phi) is 4.38. The van der Waals surface area contributed by atoms with Gasteiger partial charge in [0.1, 0.15) is 0 Å². The molecule has 0 aliphatic rings. The summed E-state index contributed by atoms with van der Waals surface area (Å²) in [4.78, 5) is 24.3. The summed E-state index contributed by atoms with van der Waals surface area (Å²) in [5, 5.41) is 9.14. The van der Waals surface area contributed by atoms with Crippen LogP contribution in [-0.4, -0.2) is 17.0 Å². The average Bonchev–Trinajstić information content (AvgIpc) is 3.03. The third-order valence-electron chi connectivity index (χ3n) is 3.27. The molecule has 0 fully saturated rings. The van der Waals surface area contributed by atoms with E-state index in [9.17, 15) is 9.59 Å². The maximum Gasteiger partial charge on any atom is 0.294 e. The van der Waals surface area contributed by atoms with Gasteiger partial charge in [0.25, 0.3) is 11.8 Å². The van der Waals surface area contributed by atoms with E-state index in [1.165, 1.54) is 0 Å². The second kappa shape index (κ2) is 6.78. The number of benzene rings is 2. The van der Waals surface area contributed by atoms with Crippen LogP contribution in [0.5, 0.6) is 0 Å². The first-order chi connectivity index (χ1) is 11.6. The first-order valence-electron chi connectivity index (χ1n) is 7.33. The lowest BCUT2D eigenvalue weighted by Gasteiger charge is -2.07. The molecule has 120 valence electrons. The van der Waals surface area contributed by atoms with Gasteiger partial charge in [-0.3, -0.25) is 9.59 Å². The number of hydrogen-bond donors (Lipinski definition) is 2. The molecular weight excluding hydrogens is 306 g/mol. The summed E-state index contributed by atoms with van der Waals surface area (Å²) in [7, 11) is 0. The molecule has 0 saturated heterocycles. The van der Waals surface area contributed by atoms with E-state index >= 15 is 0 Å². The summed E-state index contributed by atoms with van der Waals surface area (Å²) in [6, 6.07) is 17.4. The van der Waals surface area contributed by atoms with E-state index < -0.39 is 5.91 Å². The second-order valence-corrected chi connectivity index (χ2v) is 5.19. The van der Waals surface area contributed by atoms with Crippen LogP contribution in [0.25, 0.3) is 0 Å². The Morgan fingerprint density at radius 3 is 2.29 bits per heavy atom.